The minimum atomic E-state index is -2.01. The summed E-state index contributed by atoms with van der Waals surface area (Å²) in [7, 11) is 0. The molecule has 4 aliphatic carbocycles. The predicted octanol–water partition coefficient (Wildman–Crippen LogP) is 3.55. The lowest BCUT2D eigenvalue weighted by Gasteiger charge is -2.50. The van der Waals surface area contributed by atoms with Crippen LogP contribution in [0.1, 0.15) is 58.4 Å². The van der Waals surface area contributed by atoms with Crippen LogP contribution < -0.4 is 0 Å². The van der Waals surface area contributed by atoms with Crippen LogP contribution in [0.25, 0.3) is 0 Å². The standard InChI is InChI=1S/C25H30O6/c1-21(2)17(26)5-7-22(3)16-10-15-14(13-6-8-30-11-13)9-18-24(15,31-18)12-23(16,4)25(29,19(21)22)20(27)28/h5-8,11,14-16,18-19,29H,9-10,12H2,1-4H3,(H,27,28)/t14-,15?,16+,18+,19?,22+,23-,24-,25?/m0/s1. The van der Waals surface area contributed by atoms with Gasteiger partial charge in [0.15, 0.2) is 11.4 Å². The molecule has 166 valence electrons. The Morgan fingerprint density at radius 1 is 1.19 bits per heavy atom. The second-order valence-corrected chi connectivity index (χ2v) is 11.7. The van der Waals surface area contributed by atoms with Gasteiger partial charge in [0.05, 0.1) is 24.2 Å². The molecule has 3 unspecified atom stereocenters. The Hall–Kier alpha value is -1.92. The topological polar surface area (TPSA) is 100 Å². The fourth-order valence-electron chi connectivity index (χ4n) is 9.07. The molecule has 2 N–H and O–H groups in total. The molecule has 6 heteroatoms. The van der Waals surface area contributed by atoms with Crippen LogP contribution in [-0.4, -0.2) is 39.3 Å². The molecule has 31 heavy (non-hydrogen) atoms. The fourth-order valence-corrected chi connectivity index (χ4v) is 9.07. The maximum Gasteiger partial charge on any atom is 0.336 e. The molecule has 0 radical (unpaired) electrons. The van der Waals surface area contributed by atoms with Crippen LogP contribution in [0.2, 0.25) is 0 Å². The van der Waals surface area contributed by atoms with Gasteiger partial charge in [0.25, 0.3) is 0 Å². The molecule has 0 amide bonds. The maximum absolute atomic E-state index is 12.9. The van der Waals surface area contributed by atoms with Gasteiger partial charge in [0.1, 0.15) is 0 Å². The van der Waals surface area contributed by atoms with Crippen LogP contribution in [0.15, 0.2) is 35.2 Å². The first-order chi connectivity index (χ1) is 14.4. The van der Waals surface area contributed by atoms with Gasteiger partial charge in [0, 0.05) is 16.7 Å². The molecule has 1 aliphatic heterocycles. The second kappa shape index (κ2) is 5.34. The first-order valence-electron chi connectivity index (χ1n) is 11.3. The number of ketones is 1. The Balaban J connectivity index is 1.53. The van der Waals surface area contributed by atoms with E-state index in [0.29, 0.717) is 12.3 Å². The van der Waals surface area contributed by atoms with E-state index < -0.39 is 39.3 Å². The van der Waals surface area contributed by atoms with E-state index in [9.17, 15) is 19.8 Å². The third kappa shape index (κ3) is 1.95. The molecule has 9 atom stereocenters. The van der Waals surface area contributed by atoms with Crippen LogP contribution in [0, 0.1) is 34.0 Å². The number of carbonyl (C=O) groups is 2. The highest BCUT2D eigenvalue weighted by molar-refractivity contribution is 5.97. The summed E-state index contributed by atoms with van der Waals surface area (Å²) >= 11 is 0. The molecule has 0 bridgehead atoms. The van der Waals surface area contributed by atoms with E-state index >= 15 is 0 Å². The van der Waals surface area contributed by atoms with Crippen molar-refractivity contribution in [2.45, 2.75) is 70.2 Å². The third-order valence-corrected chi connectivity index (χ3v) is 10.2. The van der Waals surface area contributed by atoms with E-state index in [1.807, 2.05) is 25.3 Å². The van der Waals surface area contributed by atoms with Crippen molar-refractivity contribution in [1.82, 2.24) is 0 Å². The van der Waals surface area contributed by atoms with Gasteiger partial charge in [-0.3, -0.25) is 4.79 Å². The van der Waals surface area contributed by atoms with Crippen LogP contribution in [-0.2, 0) is 14.3 Å². The van der Waals surface area contributed by atoms with Gasteiger partial charge >= 0.3 is 5.97 Å². The molecule has 5 aliphatic rings. The Kier molecular flexibility index (Phi) is 3.40. The number of epoxide rings is 1. The molecular weight excluding hydrogens is 396 g/mol. The lowest BCUT2D eigenvalue weighted by Crippen LogP contribution is -2.62. The van der Waals surface area contributed by atoms with Crippen molar-refractivity contribution in [3.8, 4) is 0 Å². The van der Waals surface area contributed by atoms with Crippen LogP contribution in [0.4, 0.5) is 0 Å². The Bertz CT molecular complexity index is 1020. The first-order valence-corrected chi connectivity index (χ1v) is 11.3. The summed E-state index contributed by atoms with van der Waals surface area (Å²) in [5.74, 6) is -1.57. The van der Waals surface area contributed by atoms with Gasteiger partial charge in [-0.15, -0.1) is 0 Å². The zero-order valence-corrected chi connectivity index (χ0v) is 18.4. The van der Waals surface area contributed by atoms with E-state index in [2.05, 4.69) is 6.92 Å². The van der Waals surface area contributed by atoms with E-state index in [4.69, 9.17) is 9.15 Å². The molecule has 4 fully saturated rings. The molecule has 6 nitrogen and oxygen atoms in total. The van der Waals surface area contributed by atoms with E-state index in [1.165, 1.54) is 5.56 Å². The molecular formula is C25H30O6. The number of hydrogen-bond donors (Lipinski definition) is 2. The van der Waals surface area contributed by atoms with Crippen LogP contribution in [0.5, 0.6) is 0 Å². The SMILES string of the molecule is CC1(C)C(=O)C=C[C@@]2(C)C1C(O)(C(=O)O)[C@@]1(C)C[C@@]34O[C@@H]3C[C@@H](c3ccoc3)C4C[C@H]21. The lowest BCUT2D eigenvalue weighted by molar-refractivity contribution is -0.194. The van der Waals surface area contributed by atoms with Crippen LogP contribution in [0.3, 0.4) is 0 Å². The van der Waals surface area contributed by atoms with Crippen molar-refractivity contribution >= 4 is 11.8 Å². The van der Waals surface area contributed by atoms with Gasteiger partial charge in [0.2, 0.25) is 0 Å². The Labute approximate surface area is 181 Å². The monoisotopic (exact) mass is 426 g/mol. The fraction of sp³-hybridized carbons (Fsp3) is 0.680. The minimum absolute atomic E-state index is 0.0808. The number of allylic oxidation sites excluding steroid dienone is 2. The number of hydrogen-bond acceptors (Lipinski definition) is 5. The van der Waals surface area contributed by atoms with Gasteiger partial charge in [-0.25, -0.2) is 4.79 Å². The van der Waals surface area contributed by atoms with Crippen molar-refractivity contribution in [2.24, 2.45) is 34.0 Å². The molecule has 1 spiro atoms. The molecule has 3 saturated carbocycles. The normalized spacial score (nSPS) is 53.5. The van der Waals surface area contributed by atoms with Gasteiger partial charge in [-0.1, -0.05) is 33.8 Å². The quantitative estimate of drug-likeness (QED) is 0.702. The van der Waals surface area contributed by atoms with Gasteiger partial charge < -0.3 is 19.4 Å². The number of carboxylic acids is 1. The average molecular weight is 427 g/mol. The number of furan rings is 1. The largest absolute Gasteiger partial charge is 0.479 e. The summed E-state index contributed by atoms with van der Waals surface area (Å²) in [4.78, 5) is 25.7. The Morgan fingerprint density at radius 3 is 2.58 bits per heavy atom. The van der Waals surface area contributed by atoms with Crippen molar-refractivity contribution < 1.29 is 29.0 Å². The van der Waals surface area contributed by atoms with Crippen molar-refractivity contribution in [2.75, 3.05) is 0 Å². The number of aliphatic carboxylic acids is 1. The predicted molar refractivity (Wildman–Crippen MR) is 110 cm³/mol. The minimum Gasteiger partial charge on any atom is -0.479 e. The molecule has 0 aromatic carbocycles. The first kappa shape index (κ1) is 19.7. The van der Waals surface area contributed by atoms with Crippen molar-refractivity contribution in [1.29, 1.82) is 0 Å². The van der Waals surface area contributed by atoms with Gasteiger partial charge in [-0.05, 0) is 60.1 Å². The number of carboxylic acid groups (broad SMARTS) is 1. The molecule has 2 heterocycles. The molecule has 1 saturated heterocycles. The highest BCUT2D eigenvalue weighted by atomic mass is 16.6. The molecule has 1 aromatic heterocycles. The van der Waals surface area contributed by atoms with E-state index in [0.717, 1.165) is 12.8 Å². The molecule has 1 aromatic rings. The lowest BCUT2D eigenvalue weighted by atomic mass is 9.53. The average Bonchev–Trinajstić information content (AvgIpc) is 3.03. The summed E-state index contributed by atoms with van der Waals surface area (Å²) in [5.41, 5.74) is -3.71. The summed E-state index contributed by atoms with van der Waals surface area (Å²) < 4.78 is 11.6. The van der Waals surface area contributed by atoms with E-state index in [-0.39, 0.29) is 23.7 Å². The zero-order chi connectivity index (χ0) is 22.2. The highest BCUT2D eigenvalue weighted by Gasteiger charge is 2.84. The number of rotatable bonds is 2. The van der Waals surface area contributed by atoms with Crippen LogP contribution >= 0.6 is 0 Å². The summed E-state index contributed by atoms with van der Waals surface area (Å²) in [5, 5.41) is 22.5. The smallest absolute Gasteiger partial charge is 0.336 e. The number of fused-ring (bicyclic) bond motifs is 3. The highest BCUT2D eigenvalue weighted by Crippen LogP contribution is 2.79. The summed E-state index contributed by atoms with van der Waals surface area (Å²) in [6.45, 7) is 7.57. The van der Waals surface area contributed by atoms with E-state index in [1.54, 1.807) is 26.2 Å². The van der Waals surface area contributed by atoms with Crippen molar-refractivity contribution in [3.05, 3.63) is 36.3 Å². The number of carbonyl (C=O) groups excluding carboxylic acids is 1. The third-order valence-electron chi connectivity index (χ3n) is 10.2. The second-order valence-electron chi connectivity index (χ2n) is 11.7. The summed E-state index contributed by atoms with van der Waals surface area (Å²) in [6, 6.07) is 2.02. The maximum atomic E-state index is 12.9. The van der Waals surface area contributed by atoms with Crippen molar-refractivity contribution in [3.63, 3.8) is 0 Å². The Morgan fingerprint density at radius 2 is 1.94 bits per heavy atom. The van der Waals surface area contributed by atoms with Gasteiger partial charge in [-0.2, -0.15) is 0 Å². The number of aliphatic hydroxyl groups is 1. The summed E-state index contributed by atoms with van der Waals surface area (Å²) in [6.07, 6.45) is 9.29. The number of ether oxygens (including phenoxy) is 1. The molecule has 6 rings (SSSR count). The zero-order valence-electron chi connectivity index (χ0n) is 18.4.